The molecule has 20 heavy (non-hydrogen) atoms. The topological polar surface area (TPSA) is 21.3 Å². The van der Waals surface area contributed by atoms with Gasteiger partial charge in [0.15, 0.2) is 0 Å². The summed E-state index contributed by atoms with van der Waals surface area (Å²) in [7, 11) is 2.13. The van der Waals surface area contributed by atoms with E-state index in [1.54, 1.807) is 0 Å². The lowest BCUT2D eigenvalue weighted by Gasteiger charge is -2.34. The van der Waals surface area contributed by atoms with E-state index in [1.807, 2.05) is 0 Å². The van der Waals surface area contributed by atoms with Gasteiger partial charge in [-0.05, 0) is 59.9 Å². The number of hydrogen-bond donors (Lipinski definition) is 1. The van der Waals surface area contributed by atoms with Crippen LogP contribution >= 0.6 is 0 Å². The molecule has 2 nitrogen and oxygen atoms in total. The van der Waals surface area contributed by atoms with Crippen LogP contribution in [0.1, 0.15) is 79.1 Å². The van der Waals surface area contributed by atoms with Crippen LogP contribution in [0.25, 0.3) is 0 Å². The zero-order chi connectivity index (χ0) is 14.8. The summed E-state index contributed by atoms with van der Waals surface area (Å²) in [5.41, 5.74) is 0.0395. The Morgan fingerprint density at radius 2 is 1.75 bits per heavy atom. The summed E-state index contributed by atoms with van der Waals surface area (Å²) < 4.78 is 6.28. The minimum absolute atomic E-state index is 0.00371. The highest BCUT2D eigenvalue weighted by Crippen LogP contribution is 2.44. The number of ether oxygens (including phenoxy) is 1. The molecule has 0 aromatic heterocycles. The largest absolute Gasteiger partial charge is 0.369 e. The van der Waals surface area contributed by atoms with Gasteiger partial charge in [0.2, 0.25) is 0 Å². The number of hydrogen-bond acceptors (Lipinski definition) is 2. The average molecular weight is 281 g/mol. The first kappa shape index (κ1) is 16.3. The molecule has 0 radical (unpaired) electrons. The van der Waals surface area contributed by atoms with Crippen molar-refractivity contribution in [3.05, 3.63) is 0 Å². The Labute approximate surface area is 126 Å². The Morgan fingerprint density at radius 1 is 1.10 bits per heavy atom. The molecule has 2 atom stereocenters. The second kappa shape index (κ2) is 6.36. The van der Waals surface area contributed by atoms with Gasteiger partial charge >= 0.3 is 0 Å². The van der Waals surface area contributed by atoms with Gasteiger partial charge in [-0.1, -0.05) is 32.1 Å². The molecule has 1 aliphatic carbocycles. The molecular weight excluding hydrogens is 246 g/mol. The standard InChI is InChI=1S/C18H35NO/c1-17(2)13-15(18(3,4)20-17)16(19-5)12-11-14-9-7-6-8-10-14/h14-16,19H,6-13H2,1-5H3. The lowest BCUT2D eigenvalue weighted by Crippen LogP contribution is -2.43. The van der Waals surface area contributed by atoms with Gasteiger partial charge in [-0.25, -0.2) is 0 Å². The minimum atomic E-state index is 0.00371. The Morgan fingerprint density at radius 3 is 2.25 bits per heavy atom. The van der Waals surface area contributed by atoms with E-state index in [2.05, 4.69) is 40.1 Å². The molecule has 1 saturated carbocycles. The molecule has 1 saturated heterocycles. The highest BCUT2D eigenvalue weighted by Gasteiger charge is 2.48. The highest BCUT2D eigenvalue weighted by molar-refractivity contribution is 4.99. The van der Waals surface area contributed by atoms with E-state index < -0.39 is 0 Å². The van der Waals surface area contributed by atoms with Gasteiger partial charge in [0, 0.05) is 12.0 Å². The molecule has 0 amide bonds. The van der Waals surface area contributed by atoms with Crippen molar-refractivity contribution in [1.82, 2.24) is 5.32 Å². The molecule has 2 aliphatic rings. The zero-order valence-corrected chi connectivity index (χ0v) is 14.3. The fourth-order valence-corrected chi connectivity index (χ4v) is 4.67. The number of nitrogens with one attached hydrogen (secondary N) is 1. The van der Waals surface area contributed by atoms with Crippen molar-refractivity contribution >= 4 is 0 Å². The van der Waals surface area contributed by atoms with Crippen LogP contribution < -0.4 is 5.32 Å². The quantitative estimate of drug-likeness (QED) is 0.799. The average Bonchev–Trinajstić information content (AvgIpc) is 2.60. The molecule has 2 unspecified atom stereocenters. The SMILES string of the molecule is CNC(CCC1CCCCC1)C1CC(C)(C)OC1(C)C. The van der Waals surface area contributed by atoms with Crippen LogP contribution in [0, 0.1) is 11.8 Å². The zero-order valence-electron chi connectivity index (χ0n) is 14.3. The van der Waals surface area contributed by atoms with E-state index in [0.717, 1.165) is 5.92 Å². The summed E-state index contributed by atoms with van der Waals surface area (Å²) in [6.45, 7) is 9.03. The molecule has 2 rings (SSSR count). The molecule has 2 heteroatoms. The maximum Gasteiger partial charge on any atom is 0.0677 e. The summed E-state index contributed by atoms with van der Waals surface area (Å²) in [4.78, 5) is 0. The second-order valence-corrected chi connectivity index (χ2v) is 8.25. The van der Waals surface area contributed by atoms with Gasteiger partial charge in [0.1, 0.15) is 0 Å². The van der Waals surface area contributed by atoms with Gasteiger partial charge < -0.3 is 10.1 Å². The molecule has 0 bridgehead atoms. The first-order chi connectivity index (χ1) is 9.34. The van der Waals surface area contributed by atoms with Crippen molar-refractivity contribution in [2.75, 3.05) is 7.05 Å². The first-order valence-corrected chi connectivity index (χ1v) is 8.71. The monoisotopic (exact) mass is 281 g/mol. The third-order valence-electron chi connectivity index (χ3n) is 5.61. The molecule has 1 heterocycles. The molecule has 0 aromatic rings. The lowest BCUT2D eigenvalue weighted by atomic mass is 9.77. The van der Waals surface area contributed by atoms with Crippen molar-refractivity contribution in [2.24, 2.45) is 11.8 Å². The Balaban J connectivity index is 1.90. The van der Waals surface area contributed by atoms with Crippen LogP contribution in [0.3, 0.4) is 0 Å². The molecule has 1 N–H and O–H groups in total. The van der Waals surface area contributed by atoms with Gasteiger partial charge in [0.05, 0.1) is 11.2 Å². The van der Waals surface area contributed by atoms with Crippen LogP contribution in [0.2, 0.25) is 0 Å². The lowest BCUT2D eigenvalue weighted by molar-refractivity contribution is -0.0778. The van der Waals surface area contributed by atoms with Crippen LogP contribution in [-0.4, -0.2) is 24.3 Å². The van der Waals surface area contributed by atoms with E-state index in [1.165, 1.54) is 51.4 Å². The summed E-state index contributed by atoms with van der Waals surface area (Å²) in [5, 5.41) is 3.60. The second-order valence-electron chi connectivity index (χ2n) is 8.25. The van der Waals surface area contributed by atoms with Crippen LogP contribution in [0.5, 0.6) is 0 Å². The molecule has 2 fully saturated rings. The fourth-order valence-electron chi connectivity index (χ4n) is 4.67. The van der Waals surface area contributed by atoms with E-state index >= 15 is 0 Å². The van der Waals surface area contributed by atoms with Crippen LogP contribution in [-0.2, 0) is 4.74 Å². The van der Waals surface area contributed by atoms with Gasteiger partial charge in [-0.15, -0.1) is 0 Å². The molecule has 1 aliphatic heterocycles. The Bertz CT molecular complexity index is 305. The maximum absolute atomic E-state index is 6.28. The summed E-state index contributed by atoms with van der Waals surface area (Å²) >= 11 is 0. The van der Waals surface area contributed by atoms with Crippen molar-refractivity contribution in [3.63, 3.8) is 0 Å². The van der Waals surface area contributed by atoms with Crippen LogP contribution in [0.4, 0.5) is 0 Å². The van der Waals surface area contributed by atoms with Gasteiger partial charge in [0.25, 0.3) is 0 Å². The Kier molecular flexibility index (Phi) is 5.18. The summed E-state index contributed by atoms with van der Waals surface area (Å²) in [5.74, 6) is 1.61. The first-order valence-electron chi connectivity index (χ1n) is 8.71. The van der Waals surface area contributed by atoms with Gasteiger partial charge in [-0.2, -0.15) is 0 Å². The fraction of sp³-hybridized carbons (Fsp3) is 1.00. The predicted octanol–water partition coefficient (Wildman–Crippen LogP) is 4.53. The Hall–Kier alpha value is -0.0800. The maximum atomic E-state index is 6.28. The van der Waals surface area contributed by atoms with Crippen molar-refractivity contribution in [2.45, 2.75) is 96.3 Å². The third kappa shape index (κ3) is 3.98. The van der Waals surface area contributed by atoms with E-state index in [4.69, 9.17) is 4.74 Å². The van der Waals surface area contributed by atoms with Crippen molar-refractivity contribution < 1.29 is 4.74 Å². The van der Waals surface area contributed by atoms with Gasteiger partial charge in [-0.3, -0.25) is 0 Å². The highest BCUT2D eigenvalue weighted by atomic mass is 16.5. The van der Waals surface area contributed by atoms with E-state index in [-0.39, 0.29) is 11.2 Å². The molecule has 0 spiro atoms. The predicted molar refractivity (Wildman–Crippen MR) is 86.0 cm³/mol. The molecular formula is C18H35NO. The van der Waals surface area contributed by atoms with Crippen molar-refractivity contribution in [3.8, 4) is 0 Å². The smallest absolute Gasteiger partial charge is 0.0677 e. The number of rotatable bonds is 5. The van der Waals surface area contributed by atoms with Crippen molar-refractivity contribution in [1.29, 1.82) is 0 Å². The third-order valence-corrected chi connectivity index (χ3v) is 5.61. The minimum Gasteiger partial charge on any atom is -0.369 e. The normalized spacial score (nSPS) is 31.4. The summed E-state index contributed by atoms with van der Waals surface area (Å²) in [6.07, 6.45) is 11.2. The summed E-state index contributed by atoms with van der Waals surface area (Å²) in [6, 6.07) is 0.605. The van der Waals surface area contributed by atoms with E-state index in [9.17, 15) is 0 Å². The van der Waals surface area contributed by atoms with E-state index in [0.29, 0.717) is 12.0 Å². The molecule has 0 aromatic carbocycles. The molecule has 118 valence electrons. The van der Waals surface area contributed by atoms with Crippen LogP contribution in [0.15, 0.2) is 0 Å².